The Kier molecular flexibility index (Phi) is 5.38. The van der Waals surface area contributed by atoms with Gasteiger partial charge < -0.3 is 15.2 Å². The largest absolute Gasteiger partial charge is 0.493 e. The number of aromatic nitrogens is 1. The van der Waals surface area contributed by atoms with Gasteiger partial charge in [0.1, 0.15) is 0 Å². The molecule has 3 N–H and O–H groups in total. The fourth-order valence-electron chi connectivity index (χ4n) is 2.33. The van der Waals surface area contributed by atoms with Gasteiger partial charge in [-0.1, -0.05) is 11.3 Å². The minimum absolute atomic E-state index is 0.324. The Morgan fingerprint density at radius 3 is 2.85 bits per heavy atom. The third kappa shape index (κ3) is 3.78. The first-order valence-corrected chi connectivity index (χ1v) is 9.03. The number of anilines is 1. The number of benzene rings is 2. The van der Waals surface area contributed by atoms with Gasteiger partial charge in [0.25, 0.3) is 5.91 Å². The van der Waals surface area contributed by atoms with Crippen LogP contribution in [0.3, 0.4) is 0 Å². The topological polar surface area (TPSA) is 98.8 Å². The van der Waals surface area contributed by atoms with E-state index < -0.39 is 0 Å². The molecule has 26 heavy (non-hydrogen) atoms. The fourth-order valence-corrected chi connectivity index (χ4v) is 3.72. The average Bonchev–Trinajstić information content (AvgIpc) is 3.00. The summed E-state index contributed by atoms with van der Waals surface area (Å²) in [6.45, 7) is 0. The van der Waals surface area contributed by atoms with Crippen molar-refractivity contribution in [3.63, 3.8) is 0 Å². The lowest BCUT2D eigenvalue weighted by Crippen LogP contribution is -2.17. The van der Waals surface area contributed by atoms with E-state index in [2.05, 4.69) is 31.4 Å². The predicted octanol–water partition coefficient (Wildman–Crippen LogP) is 3.42. The van der Waals surface area contributed by atoms with E-state index in [0.717, 1.165) is 20.3 Å². The Labute approximate surface area is 162 Å². The highest BCUT2D eigenvalue weighted by Gasteiger charge is 2.10. The first-order valence-electron chi connectivity index (χ1n) is 7.43. The van der Waals surface area contributed by atoms with Crippen molar-refractivity contribution >= 4 is 54.7 Å². The van der Waals surface area contributed by atoms with E-state index in [1.807, 2.05) is 6.07 Å². The predicted molar refractivity (Wildman–Crippen MR) is 106 cm³/mol. The number of carbonyl (C=O) groups is 1. The van der Waals surface area contributed by atoms with Crippen molar-refractivity contribution < 1.29 is 14.3 Å². The number of methoxy groups -OCH3 is 2. The van der Waals surface area contributed by atoms with Crippen molar-refractivity contribution in [3.05, 3.63) is 45.9 Å². The number of halogens is 1. The molecule has 0 radical (unpaired) electrons. The molecule has 0 fully saturated rings. The number of amides is 1. The molecule has 0 bridgehead atoms. The summed E-state index contributed by atoms with van der Waals surface area (Å²) >= 11 is 4.74. The van der Waals surface area contributed by atoms with Crippen molar-refractivity contribution in [2.75, 3.05) is 20.0 Å². The highest BCUT2D eigenvalue weighted by molar-refractivity contribution is 9.10. The number of hydrogen-bond donors (Lipinski definition) is 2. The number of ether oxygens (including phenoxy) is 2. The Morgan fingerprint density at radius 1 is 1.31 bits per heavy atom. The van der Waals surface area contributed by atoms with E-state index in [1.165, 1.54) is 17.6 Å². The molecule has 0 spiro atoms. The van der Waals surface area contributed by atoms with E-state index >= 15 is 0 Å². The summed E-state index contributed by atoms with van der Waals surface area (Å²) < 4.78 is 12.1. The summed E-state index contributed by atoms with van der Waals surface area (Å²) in [5, 5.41) is 4.46. The van der Waals surface area contributed by atoms with Crippen LogP contribution in [0.4, 0.5) is 5.13 Å². The minimum atomic E-state index is -0.324. The number of thiazole rings is 1. The molecular weight excluding hydrogens is 420 g/mol. The summed E-state index contributed by atoms with van der Waals surface area (Å²) in [6.07, 6.45) is 1.52. The van der Waals surface area contributed by atoms with Crippen LogP contribution in [0.2, 0.25) is 0 Å². The second kappa shape index (κ2) is 7.71. The smallest absolute Gasteiger partial charge is 0.271 e. The van der Waals surface area contributed by atoms with Crippen molar-refractivity contribution in [2.45, 2.75) is 0 Å². The molecule has 1 aromatic heterocycles. The number of nitrogen functional groups attached to an aromatic ring is 1. The maximum absolute atomic E-state index is 12.3. The number of nitrogens with two attached hydrogens (primary N) is 1. The SMILES string of the molecule is COc1cc(/C=N\NC(=O)c2ccc3nc(N)sc3c2)cc(Br)c1OC. The molecule has 1 heterocycles. The van der Waals surface area contributed by atoms with Crippen LogP contribution in [-0.2, 0) is 0 Å². The van der Waals surface area contributed by atoms with Crippen LogP contribution in [0.25, 0.3) is 10.2 Å². The van der Waals surface area contributed by atoms with Crippen LogP contribution in [0.15, 0.2) is 39.9 Å². The van der Waals surface area contributed by atoms with Crippen molar-refractivity contribution in [2.24, 2.45) is 5.10 Å². The molecule has 9 heteroatoms. The number of rotatable bonds is 5. The Balaban J connectivity index is 1.74. The summed E-state index contributed by atoms with van der Waals surface area (Å²) in [5.41, 5.74) is 10.2. The van der Waals surface area contributed by atoms with Gasteiger partial charge >= 0.3 is 0 Å². The molecule has 0 aliphatic carbocycles. The highest BCUT2D eigenvalue weighted by Crippen LogP contribution is 2.35. The van der Waals surface area contributed by atoms with Crippen molar-refractivity contribution in [1.82, 2.24) is 10.4 Å². The summed E-state index contributed by atoms with van der Waals surface area (Å²) in [5.74, 6) is 0.823. The molecule has 2 aromatic carbocycles. The molecule has 1 amide bonds. The lowest BCUT2D eigenvalue weighted by molar-refractivity contribution is 0.0955. The van der Waals surface area contributed by atoms with Gasteiger partial charge in [-0.15, -0.1) is 0 Å². The van der Waals surface area contributed by atoms with Gasteiger partial charge in [-0.2, -0.15) is 5.10 Å². The molecule has 0 atom stereocenters. The lowest BCUT2D eigenvalue weighted by Gasteiger charge is -2.10. The van der Waals surface area contributed by atoms with Crippen LogP contribution < -0.4 is 20.6 Å². The van der Waals surface area contributed by atoms with Gasteiger partial charge in [-0.05, 0) is 51.8 Å². The second-order valence-electron chi connectivity index (χ2n) is 5.17. The number of hydrazone groups is 1. The van der Waals surface area contributed by atoms with Gasteiger partial charge in [0.15, 0.2) is 16.6 Å². The number of hydrogen-bond acceptors (Lipinski definition) is 7. The summed E-state index contributed by atoms with van der Waals surface area (Å²) in [4.78, 5) is 16.4. The molecule has 0 aliphatic rings. The first-order chi connectivity index (χ1) is 12.5. The van der Waals surface area contributed by atoms with Crippen LogP contribution in [0.1, 0.15) is 15.9 Å². The van der Waals surface area contributed by atoms with E-state index in [4.69, 9.17) is 15.2 Å². The zero-order valence-electron chi connectivity index (χ0n) is 13.9. The van der Waals surface area contributed by atoms with Crippen LogP contribution in [0.5, 0.6) is 11.5 Å². The average molecular weight is 435 g/mol. The molecule has 0 saturated carbocycles. The number of nitrogens with zero attached hydrogens (tertiary/aromatic N) is 2. The van der Waals surface area contributed by atoms with Crippen LogP contribution in [-0.4, -0.2) is 31.3 Å². The number of carbonyl (C=O) groups excluding carboxylic acids is 1. The van der Waals surface area contributed by atoms with Crippen LogP contribution >= 0.6 is 27.3 Å². The lowest BCUT2D eigenvalue weighted by atomic mass is 10.2. The Bertz CT molecular complexity index is 1000. The standard InChI is InChI=1S/C17H15BrN4O3S/c1-24-13-6-9(5-11(18)15(13)25-2)8-20-22-16(23)10-3-4-12-14(7-10)26-17(19)21-12/h3-8H,1-2H3,(H2,19,21)(H,22,23)/b20-8-. The maximum Gasteiger partial charge on any atom is 0.271 e. The van der Waals surface area contributed by atoms with Gasteiger partial charge in [0.05, 0.1) is 35.1 Å². The number of nitrogens with one attached hydrogen (secondary N) is 1. The van der Waals surface area contributed by atoms with E-state index in [-0.39, 0.29) is 5.91 Å². The summed E-state index contributed by atoms with van der Waals surface area (Å²) in [7, 11) is 3.11. The van der Waals surface area contributed by atoms with Gasteiger partial charge in [0, 0.05) is 5.56 Å². The minimum Gasteiger partial charge on any atom is -0.493 e. The van der Waals surface area contributed by atoms with E-state index in [0.29, 0.717) is 22.2 Å². The quantitative estimate of drug-likeness (QED) is 0.473. The molecule has 3 aromatic rings. The van der Waals surface area contributed by atoms with Gasteiger partial charge in [-0.3, -0.25) is 4.79 Å². The molecule has 0 saturated heterocycles. The second-order valence-corrected chi connectivity index (χ2v) is 7.09. The van der Waals surface area contributed by atoms with Crippen molar-refractivity contribution in [3.8, 4) is 11.5 Å². The Morgan fingerprint density at radius 2 is 2.12 bits per heavy atom. The number of fused-ring (bicyclic) bond motifs is 1. The highest BCUT2D eigenvalue weighted by atomic mass is 79.9. The van der Waals surface area contributed by atoms with Crippen LogP contribution in [0, 0.1) is 0 Å². The van der Waals surface area contributed by atoms with Gasteiger partial charge in [-0.25, -0.2) is 10.4 Å². The molecule has 3 rings (SSSR count). The molecular formula is C17H15BrN4O3S. The normalized spacial score (nSPS) is 11.0. The third-order valence-corrected chi connectivity index (χ3v) is 4.94. The first kappa shape index (κ1) is 18.2. The maximum atomic E-state index is 12.3. The Hall–Kier alpha value is -2.65. The van der Waals surface area contributed by atoms with E-state index in [9.17, 15) is 4.79 Å². The molecule has 7 nitrogen and oxygen atoms in total. The van der Waals surface area contributed by atoms with Gasteiger partial charge in [0.2, 0.25) is 0 Å². The molecule has 0 unspecified atom stereocenters. The monoisotopic (exact) mass is 434 g/mol. The molecule has 0 aliphatic heterocycles. The summed E-state index contributed by atoms with van der Waals surface area (Å²) in [6, 6.07) is 8.74. The third-order valence-electron chi connectivity index (χ3n) is 3.50. The van der Waals surface area contributed by atoms with Crippen molar-refractivity contribution in [1.29, 1.82) is 0 Å². The van der Waals surface area contributed by atoms with E-state index in [1.54, 1.807) is 38.5 Å². The molecule has 134 valence electrons. The fraction of sp³-hybridized carbons (Fsp3) is 0.118. The zero-order valence-corrected chi connectivity index (χ0v) is 16.3. The zero-order chi connectivity index (χ0) is 18.7.